The molecule has 1 aromatic rings. The van der Waals surface area contributed by atoms with Crippen molar-refractivity contribution in [1.82, 2.24) is 14.9 Å². The van der Waals surface area contributed by atoms with Gasteiger partial charge in [-0.25, -0.2) is 5.84 Å². The molecular formula is C24H39N5O2. The van der Waals surface area contributed by atoms with Gasteiger partial charge >= 0.3 is 0 Å². The molecule has 2 aliphatic carbocycles. The monoisotopic (exact) mass is 429 g/mol. The van der Waals surface area contributed by atoms with E-state index in [9.17, 15) is 4.79 Å². The van der Waals surface area contributed by atoms with Gasteiger partial charge in [-0.3, -0.25) is 9.78 Å². The Balaban J connectivity index is 1.60. The van der Waals surface area contributed by atoms with Gasteiger partial charge in [0.25, 0.3) is 0 Å². The molecule has 0 atom stereocenters. The summed E-state index contributed by atoms with van der Waals surface area (Å²) in [6.07, 6.45) is 10.9. The third-order valence-electron chi connectivity index (χ3n) is 6.70. The molecule has 1 heterocycles. The van der Waals surface area contributed by atoms with Crippen molar-refractivity contribution in [3.8, 4) is 5.75 Å². The molecule has 0 aromatic carbocycles. The molecule has 2 saturated carbocycles. The number of amides is 1. The number of hydrogen-bond donors (Lipinski definition) is 2. The summed E-state index contributed by atoms with van der Waals surface area (Å²) in [5.74, 6) is 6.93. The summed E-state index contributed by atoms with van der Waals surface area (Å²) in [6, 6.07) is 4.11. The molecule has 7 heteroatoms. The summed E-state index contributed by atoms with van der Waals surface area (Å²) in [5, 5.41) is 1.49. The van der Waals surface area contributed by atoms with Crippen LogP contribution in [-0.4, -0.2) is 47.0 Å². The first kappa shape index (κ1) is 23.4. The molecule has 31 heavy (non-hydrogen) atoms. The molecule has 4 N–H and O–H groups in total. The van der Waals surface area contributed by atoms with E-state index in [4.69, 9.17) is 16.3 Å². The van der Waals surface area contributed by atoms with Crippen molar-refractivity contribution >= 4 is 11.6 Å². The lowest BCUT2D eigenvalue weighted by molar-refractivity contribution is -0.135. The number of allylic oxidation sites excluding steroid dienone is 1. The Kier molecular flexibility index (Phi) is 7.46. The summed E-state index contributed by atoms with van der Waals surface area (Å²) >= 11 is 0. The van der Waals surface area contributed by atoms with Crippen LogP contribution in [0.5, 0.6) is 5.75 Å². The molecule has 0 bridgehead atoms. The highest BCUT2D eigenvalue weighted by molar-refractivity contribution is 5.77. The predicted molar refractivity (Wildman–Crippen MR) is 124 cm³/mol. The number of hydrazine groups is 1. The Morgan fingerprint density at radius 3 is 2.39 bits per heavy atom. The average Bonchev–Trinajstić information content (AvgIpc) is 2.72. The van der Waals surface area contributed by atoms with E-state index in [-0.39, 0.29) is 12.0 Å². The third kappa shape index (κ3) is 6.12. The van der Waals surface area contributed by atoms with Crippen LogP contribution in [0, 0.1) is 5.41 Å². The molecule has 7 nitrogen and oxygen atoms in total. The van der Waals surface area contributed by atoms with Crippen molar-refractivity contribution in [1.29, 1.82) is 0 Å². The summed E-state index contributed by atoms with van der Waals surface area (Å²) in [6.45, 7) is 4.48. The van der Waals surface area contributed by atoms with E-state index in [1.54, 1.807) is 13.2 Å². The first-order valence-corrected chi connectivity index (χ1v) is 11.5. The zero-order chi connectivity index (χ0) is 22.6. The van der Waals surface area contributed by atoms with E-state index in [0.29, 0.717) is 41.4 Å². The molecule has 1 aromatic heterocycles. The molecule has 2 aliphatic rings. The quantitative estimate of drug-likeness (QED) is 0.483. The van der Waals surface area contributed by atoms with Crippen LogP contribution in [0.4, 0.5) is 0 Å². The van der Waals surface area contributed by atoms with Crippen molar-refractivity contribution < 1.29 is 9.53 Å². The molecule has 0 saturated heterocycles. The van der Waals surface area contributed by atoms with E-state index >= 15 is 0 Å². The Bertz CT molecular complexity index is 774. The van der Waals surface area contributed by atoms with E-state index < -0.39 is 0 Å². The zero-order valence-electron chi connectivity index (χ0n) is 19.6. The normalized spacial score (nSPS) is 19.9. The molecule has 0 unspecified atom stereocenters. The topological polar surface area (TPSA) is 97.7 Å². The van der Waals surface area contributed by atoms with Gasteiger partial charge in [-0.05, 0) is 62.5 Å². The molecule has 2 fully saturated rings. The summed E-state index contributed by atoms with van der Waals surface area (Å²) in [7, 11) is 3.64. The number of carbonyl (C=O) groups excluding carboxylic acids is 1. The fourth-order valence-corrected chi connectivity index (χ4v) is 4.73. The minimum absolute atomic E-state index is 0.122. The second-order valence-corrected chi connectivity index (χ2v) is 9.96. The number of nitrogens with zero attached hydrogens (tertiary/aromatic N) is 3. The van der Waals surface area contributed by atoms with Crippen molar-refractivity contribution in [2.24, 2.45) is 17.0 Å². The first-order valence-electron chi connectivity index (χ1n) is 11.5. The van der Waals surface area contributed by atoms with Crippen molar-refractivity contribution in [2.45, 2.75) is 83.8 Å². The summed E-state index contributed by atoms with van der Waals surface area (Å²) in [4.78, 5) is 19.1. The zero-order valence-corrected chi connectivity index (χ0v) is 19.6. The maximum absolute atomic E-state index is 12.7. The van der Waals surface area contributed by atoms with Gasteiger partial charge in [0.2, 0.25) is 5.91 Å². The Morgan fingerprint density at radius 2 is 1.84 bits per heavy atom. The van der Waals surface area contributed by atoms with Gasteiger partial charge < -0.3 is 20.4 Å². The van der Waals surface area contributed by atoms with Gasteiger partial charge in [-0.15, -0.1) is 0 Å². The van der Waals surface area contributed by atoms with E-state index in [1.807, 2.05) is 24.1 Å². The predicted octanol–water partition coefficient (Wildman–Crippen LogP) is 3.65. The van der Waals surface area contributed by atoms with Crippen molar-refractivity contribution in [2.75, 3.05) is 14.1 Å². The van der Waals surface area contributed by atoms with E-state index in [1.165, 1.54) is 24.3 Å². The lowest BCUT2D eigenvalue weighted by atomic mass is 9.68. The van der Waals surface area contributed by atoms with Crippen LogP contribution in [0.1, 0.15) is 77.3 Å². The number of carbonyl (C=O) groups is 1. The third-order valence-corrected chi connectivity index (χ3v) is 6.70. The number of pyridine rings is 1. The van der Waals surface area contributed by atoms with Crippen LogP contribution in [0.3, 0.4) is 0 Å². The van der Waals surface area contributed by atoms with Crippen LogP contribution in [0.25, 0.3) is 5.70 Å². The highest BCUT2D eigenvalue weighted by Gasteiger charge is 2.39. The standard InChI is InChI=1S/C24H39N5O2/c1-24(2)14-17(15-24)28(3)22(30)13-12-21(29(4)26)23(25)20-11-10-19(16-27-20)31-18-8-6-5-7-9-18/h10-11,16-18H,5-9,12-15,25-26H2,1-4H3/b23-21-. The highest BCUT2D eigenvalue weighted by Crippen LogP contribution is 2.42. The smallest absolute Gasteiger partial charge is 0.222 e. The van der Waals surface area contributed by atoms with Gasteiger partial charge in [0.05, 0.1) is 29.4 Å². The number of ether oxygens (including phenoxy) is 1. The van der Waals surface area contributed by atoms with Crippen LogP contribution < -0.4 is 16.3 Å². The lowest BCUT2D eigenvalue weighted by Crippen LogP contribution is -2.49. The van der Waals surface area contributed by atoms with Gasteiger partial charge in [-0.1, -0.05) is 20.3 Å². The number of nitrogens with two attached hydrogens (primary N) is 2. The van der Waals surface area contributed by atoms with Crippen LogP contribution in [0.15, 0.2) is 24.0 Å². The Labute approximate surface area is 186 Å². The molecule has 1 amide bonds. The minimum atomic E-state index is 0.122. The van der Waals surface area contributed by atoms with Crippen molar-refractivity contribution in [3.05, 3.63) is 29.7 Å². The molecule has 0 spiro atoms. The minimum Gasteiger partial charge on any atom is -0.489 e. The van der Waals surface area contributed by atoms with E-state index in [2.05, 4.69) is 18.8 Å². The second-order valence-electron chi connectivity index (χ2n) is 9.96. The van der Waals surface area contributed by atoms with Gasteiger partial charge in [0, 0.05) is 26.6 Å². The summed E-state index contributed by atoms with van der Waals surface area (Å²) in [5.41, 5.74) is 8.59. The fraction of sp³-hybridized carbons (Fsp3) is 0.667. The van der Waals surface area contributed by atoms with Gasteiger partial charge in [0.1, 0.15) is 5.75 Å². The highest BCUT2D eigenvalue weighted by atomic mass is 16.5. The molecule has 3 rings (SSSR count). The van der Waals surface area contributed by atoms with Gasteiger partial charge in [-0.2, -0.15) is 0 Å². The number of aromatic nitrogens is 1. The lowest BCUT2D eigenvalue weighted by Gasteiger charge is -2.47. The van der Waals surface area contributed by atoms with Crippen LogP contribution >= 0.6 is 0 Å². The number of hydrogen-bond acceptors (Lipinski definition) is 6. The molecule has 0 aliphatic heterocycles. The van der Waals surface area contributed by atoms with Crippen LogP contribution in [-0.2, 0) is 4.79 Å². The van der Waals surface area contributed by atoms with Crippen LogP contribution in [0.2, 0.25) is 0 Å². The van der Waals surface area contributed by atoms with E-state index in [0.717, 1.165) is 31.4 Å². The number of rotatable bonds is 8. The SMILES string of the molecule is CN(N)/C(CCC(=O)N(C)C1CC(C)(C)C1)=C(\N)c1ccc(OC2CCCCC2)cn1. The summed E-state index contributed by atoms with van der Waals surface area (Å²) < 4.78 is 6.05. The maximum atomic E-state index is 12.7. The second kappa shape index (κ2) is 9.90. The largest absolute Gasteiger partial charge is 0.489 e. The first-order chi connectivity index (χ1) is 14.7. The Hall–Kier alpha value is -2.28. The Morgan fingerprint density at radius 1 is 1.16 bits per heavy atom. The average molecular weight is 430 g/mol. The molecule has 0 radical (unpaired) electrons. The van der Waals surface area contributed by atoms with Gasteiger partial charge in [0.15, 0.2) is 0 Å². The molecule has 172 valence electrons. The van der Waals surface area contributed by atoms with Crippen molar-refractivity contribution in [3.63, 3.8) is 0 Å². The molecular weight excluding hydrogens is 390 g/mol. The fourth-order valence-electron chi connectivity index (χ4n) is 4.73. The maximum Gasteiger partial charge on any atom is 0.222 e.